The van der Waals surface area contributed by atoms with Crippen LogP contribution in [0, 0.1) is 0 Å². The maximum absolute atomic E-state index is 5.45. The highest BCUT2D eigenvalue weighted by Gasteiger charge is 2.23. The first-order valence-corrected chi connectivity index (χ1v) is 7.45. The number of aromatic nitrogens is 2. The van der Waals surface area contributed by atoms with Gasteiger partial charge in [-0.3, -0.25) is 4.90 Å². The number of H-pyrrole nitrogens is 1. The Hall–Kier alpha value is -1.69. The van der Waals surface area contributed by atoms with E-state index >= 15 is 0 Å². The Morgan fingerprint density at radius 1 is 1.29 bits per heavy atom. The van der Waals surface area contributed by atoms with Gasteiger partial charge in [0.1, 0.15) is 5.82 Å². The van der Waals surface area contributed by atoms with Crippen molar-refractivity contribution in [2.45, 2.75) is 6.04 Å². The molecule has 3 rings (SSSR count). The zero-order valence-corrected chi connectivity index (χ0v) is 12.4. The minimum atomic E-state index is 0.309. The van der Waals surface area contributed by atoms with Gasteiger partial charge in [0.05, 0.1) is 31.1 Å². The van der Waals surface area contributed by atoms with Crippen LogP contribution in [0.2, 0.25) is 0 Å². The van der Waals surface area contributed by atoms with E-state index < -0.39 is 0 Å². The van der Waals surface area contributed by atoms with E-state index in [2.05, 4.69) is 32.3 Å². The van der Waals surface area contributed by atoms with Gasteiger partial charge in [-0.25, -0.2) is 4.98 Å². The van der Waals surface area contributed by atoms with Crippen LogP contribution in [-0.4, -0.2) is 54.8 Å². The van der Waals surface area contributed by atoms with Gasteiger partial charge in [-0.05, 0) is 7.05 Å². The zero-order valence-electron chi connectivity index (χ0n) is 12.4. The average Bonchev–Trinajstić information content (AvgIpc) is 3.04. The number of likely N-dealkylation sites (N-methyl/N-ethyl adjacent to an activating group) is 1. The van der Waals surface area contributed by atoms with Crippen LogP contribution in [0.1, 0.15) is 11.7 Å². The van der Waals surface area contributed by atoms with E-state index in [1.165, 1.54) is 0 Å². The quantitative estimate of drug-likeness (QED) is 0.878. The molecule has 1 aromatic carbocycles. The van der Waals surface area contributed by atoms with Crippen LogP contribution in [0.3, 0.4) is 0 Å². The van der Waals surface area contributed by atoms with Gasteiger partial charge < -0.3 is 15.0 Å². The number of imidazole rings is 1. The van der Waals surface area contributed by atoms with Crippen molar-refractivity contribution in [2.24, 2.45) is 0 Å². The normalized spacial score (nSPS) is 17.8. The lowest BCUT2D eigenvalue weighted by Crippen LogP contribution is -2.42. The Morgan fingerprint density at radius 2 is 2.05 bits per heavy atom. The number of nitrogens with one attached hydrogen (secondary N) is 2. The molecule has 0 aliphatic carbocycles. The van der Waals surface area contributed by atoms with Crippen LogP contribution < -0.4 is 5.32 Å². The van der Waals surface area contributed by atoms with E-state index in [9.17, 15) is 0 Å². The number of nitrogens with zero attached hydrogens (tertiary/aromatic N) is 2. The molecule has 0 spiro atoms. The third-order valence-electron chi connectivity index (χ3n) is 3.89. The molecule has 1 aromatic heterocycles. The smallest absolute Gasteiger partial charge is 0.137 e. The van der Waals surface area contributed by atoms with Crippen LogP contribution in [0.25, 0.3) is 11.4 Å². The van der Waals surface area contributed by atoms with Crippen molar-refractivity contribution in [3.8, 4) is 11.4 Å². The molecule has 1 unspecified atom stereocenters. The molecule has 21 heavy (non-hydrogen) atoms. The van der Waals surface area contributed by atoms with Gasteiger partial charge in [-0.2, -0.15) is 0 Å². The number of hydrogen-bond donors (Lipinski definition) is 2. The summed E-state index contributed by atoms with van der Waals surface area (Å²) in [5.41, 5.74) is 2.28. The topological polar surface area (TPSA) is 53.2 Å². The molecule has 1 aliphatic heterocycles. The molecule has 5 nitrogen and oxygen atoms in total. The molecule has 1 atom stereocenters. The van der Waals surface area contributed by atoms with Crippen molar-refractivity contribution >= 4 is 0 Å². The summed E-state index contributed by atoms with van der Waals surface area (Å²) in [5, 5.41) is 3.28. The SMILES string of the molecule is CNCC(c1cnc(-c2ccccc2)[nH]1)N1CCOCC1. The molecule has 112 valence electrons. The lowest BCUT2D eigenvalue weighted by Gasteiger charge is -2.33. The molecule has 0 amide bonds. The summed E-state index contributed by atoms with van der Waals surface area (Å²) >= 11 is 0. The van der Waals surface area contributed by atoms with E-state index in [0.29, 0.717) is 6.04 Å². The molecule has 1 fully saturated rings. The molecule has 1 saturated heterocycles. The summed E-state index contributed by atoms with van der Waals surface area (Å²) in [5.74, 6) is 0.931. The minimum absolute atomic E-state index is 0.309. The Bertz CT molecular complexity index is 548. The first-order valence-electron chi connectivity index (χ1n) is 7.45. The predicted molar refractivity (Wildman–Crippen MR) is 83.1 cm³/mol. The average molecular weight is 286 g/mol. The first-order chi connectivity index (χ1) is 10.4. The molecule has 2 heterocycles. The second-order valence-corrected chi connectivity index (χ2v) is 5.27. The summed E-state index contributed by atoms with van der Waals surface area (Å²) in [6.07, 6.45) is 1.96. The molecule has 1 aliphatic rings. The molecule has 2 aromatic rings. The van der Waals surface area contributed by atoms with Crippen molar-refractivity contribution in [1.29, 1.82) is 0 Å². The van der Waals surface area contributed by atoms with Gasteiger partial charge in [0.25, 0.3) is 0 Å². The van der Waals surface area contributed by atoms with Crippen LogP contribution in [-0.2, 0) is 4.74 Å². The van der Waals surface area contributed by atoms with Crippen molar-refractivity contribution in [1.82, 2.24) is 20.2 Å². The third kappa shape index (κ3) is 3.32. The van der Waals surface area contributed by atoms with Gasteiger partial charge in [0.15, 0.2) is 0 Å². The highest BCUT2D eigenvalue weighted by molar-refractivity contribution is 5.54. The lowest BCUT2D eigenvalue weighted by molar-refractivity contribution is 0.0157. The number of rotatable bonds is 5. The van der Waals surface area contributed by atoms with Gasteiger partial charge in [0, 0.05) is 25.2 Å². The Labute approximate surface area is 125 Å². The molecule has 0 radical (unpaired) electrons. The number of aromatic amines is 1. The first kappa shape index (κ1) is 14.3. The van der Waals surface area contributed by atoms with Gasteiger partial charge in [-0.1, -0.05) is 30.3 Å². The summed E-state index contributed by atoms with van der Waals surface area (Å²) < 4.78 is 5.45. The van der Waals surface area contributed by atoms with Crippen molar-refractivity contribution < 1.29 is 4.74 Å². The van der Waals surface area contributed by atoms with Gasteiger partial charge in [0.2, 0.25) is 0 Å². The fourth-order valence-corrected chi connectivity index (χ4v) is 2.77. The fourth-order valence-electron chi connectivity index (χ4n) is 2.77. The molecular formula is C16H22N4O. The Kier molecular flexibility index (Phi) is 4.65. The predicted octanol–water partition coefficient (Wildman–Crippen LogP) is 1.67. The largest absolute Gasteiger partial charge is 0.379 e. The van der Waals surface area contributed by atoms with Crippen LogP contribution in [0.15, 0.2) is 36.5 Å². The maximum Gasteiger partial charge on any atom is 0.137 e. The molecule has 2 N–H and O–H groups in total. The summed E-state index contributed by atoms with van der Waals surface area (Å²) in [6, 6.07) is 10.5. The fraction of sp³-hybridized carbons (Fsp3) is 0.438. The van der Waals surface area contributed by atoms with E-state index in [4.69, 9.17) is 4.74 Å². The maximum atomic E-state index is 5.45. The number of hydrogen-bond acceptors (Lipinski definition) is 4. The van der Waals surface area contributed by atoms with E-state index in [-0.39, 0.29) is 0 Å². The minimum Gasteiger partial charge on any atom is -0.379 e. The molecule has 0 saturated carbocycles. The Morgan fingerprint density at radius 3 is 2.76 bits per heavy atom. The van der Waals surface area contributed by atoms with Gasteiger partial charge >= 0.3 is 0 Å². The van der Waals surface area contributed by atoms with Crippen LogP contribution in [0.5, 0.6) is 0 Å². The lowest BCUT2D eigenvalue weighted by atomic mass is 10.1. The van der Waals surface area contributed by atoms with Gasteiger partial charge in [-0.15, -0.1) is 0 Å². The standard InChI is InChI=1S/C16H22N4O/c1-17-12-15(20-7-9-21-10-8-20)14-11-18-16(19-14)13-5-3-2-4-6-13/h2-6,11,15,17H,7-10,12H2,1H3,(H,18,19). The second kappa shape index (κ2) is 6.85. The molecular weight excluding hydrogens is 264 g/mol. The number of benzene rings is 1. The monoisotopic (exact) mass is 286 g/mol. The number of morpholine rings is 1. The van der Waals surface area contributed by atoms with E-state index in [1.54, 1.807) is 0 Å². The second-order valence-electron chi connectivity index (χ2n) is 5.27. The van der Waals surface area contributed by atoms with Crippen LogP contribution >= 0.6 is 0 Å². The summed E-state index contributed by atoms with van der Waals surface area (Å²) in [6.45, 7) is 4.44. The number of ether oxygens (including phenoxy) is 1. The van der Waals surface area contributed by atoms with Crippen molar-refractivity contribution in [3.63, 3.8) is 0 Å². The van der Waals surface area contributed by atoms with E-state index in [0.717, 1.165) is 49.9 Å². The van der Waals surface area contributed by atoms with Crippen molar-refractivity contribution in [3.05, 3.63) is 42.2 Å². The molecule has 0 bridgehead atoms. The zero-order chi connectivity index (χ0) is 14.5. The Balaban J connectivity index is 1.81. The summed E-state index contributed by atoms with van der Waals surface area (Å²) in [4.78, 5) is 10.5. The molecule has 5 heteroatoms. The van der Waals surface area contributed by atoms with E-state index in [1.807, 2.05) is 31.4 Å². The van der Waals surface area contributed by atoms with Crippen molar-refractivity contribution in [2.75, 3.05) is 39.9 Å². The van der Waals surface area contributed by atoms with Crippen LogP contribution in [0.4, 0.5) is 0 Å². The third-order valence-corrected chi connectivity index (χ3v) is 3.89. The summed E-state index contributed by atoms with van der Waals surface area (Å²) in [7, 11) is 1.99. The highest BCUT2D eigenvalue weighted by Crippen LogP contribution is 2.23. The highest BCUT2D eigenvalue weighted by atomic mass is 16.5.